The van der Waals surface area contributed by atoms with Crippen LogP contribution >= 0.6 is 11.3 Å². The van der Waals surface area contributed by atoms with Gasteiger partial charge in [0.1, 0.15) is 0 Å². The molecule has 1 aliphatic rings. The number of likely N-dealkylation sites (N-methyl/N-ethyl adjacent to an activating group) is 1. The third-order valence-corrected chi connectivity index (χ3v) is 5.25. The molecule has 2 aromatic rings. The highest BCUT2D eigenvalue weighted by atomic mass is 32.1. The standard InChI is InChI=1S/C18H22N2OS/c1-13-4-6-15(7-5-13)17-14(2)22-12-16(17)18(21)20-10-8-19(3)9-11-20/h4-7,12H,8-11H2,1-3H3. The molecule has 0 spiro atoms. The van der Waals surface area contributed by atoms with Gasteiger partial charge in [-0.3, -0.25) is 4.79 Å². The van der Waals surface area contributed by atoms with Gasteiger partial charge < -0.3 is 9.80 Å². The van der Waals surface area contributed by atoms with Crippen LogP contribution in [0.15, 0.2) is 29.6 Å². The van der Waals surface area contributed by atoms with Crippen molar-refractivity contribution in [1.82, 2.24) is 9.80 Å². The molecule has 1 aliphatic heterocycles. The quantitative estimate of drug-likeness (QED) is 0.848. The van der Waals surface area contributed by atoms with Crippen molar-refractivity contribution in [1.29, 1.82) is 0 Å². The highest BCUT2D eigenvalue weighted by Gasteiger charge is 2.24. The predicted molar refractivity (Wildman–Crippen MR) is 92.6 cm³/mol. The van der Waals surface area contributed by atoms with Gasteiger partial charge in [0.05, 0.1) is 5.56 Å². The summed E-state index contributed by atoms with van der Waals surface area (Å²) in [5, 5.41) is 2.02. The molecule has 0 atom stereocenters. The number of hydrogen-bond acceptors (Lipinski definition) is 3. The summed E-state index contributed by atoms with van der Waals surface area (Å²) in [5.74, 6) is 0.174. The van der Waals surface area contributed by atoms with E-state index in [4.69, 9.17) is 0 Å². The molecule has 3 nitrogen and oxygen atoms in total. The van der Waals surface area contributed by atoms with Crippen LogP contribution in [0, 0.1) is 13.8 Å². The van der Waals surface area contributed by atoms with Crippen molar-refractivity contribution in [3.8, 4) is 11.1 Å². The van der Waals surface area contributed by atoms with Gasteiger partial charge in [0.2, 0.25) is 0 Å². The van der Waals surface area contributed by atoms with E-state index in [1.165, 1.54) is 10.4 Å². The van der Waals surface area contributed by atoms with E-state index in [1.54, 1.807) is 11.3 Å². The maximum atomic E-state index is 12.9. The Morgan fingerprint density at radius 1 is 1.05 bits per heavy atom. The fraction of sp³-hybridized carbons (Fsp3) is 0.389. The van der Waals surface area contributed by atoms with E-state index in [2.05, 4.69) is 50.1 Å². The number of aryl methyl sites for hydroxylation is 2. The lowest BCUT2D eigenvalue weighted by Gasteiger charge is -2.32. The van der Waals surface area contributed by atoms with Crippen molar-refractivity contribution in [2.45, 2.75) is 13.8 Å². The molecule has 4 heteroatoms. The number of thiophene rings is 1. The summed E-state index contributed by atoms with van der Waals surface area (Å²) in [7, 11) is 2.11. The molecule has 3 rings (SSSR count). The van der Waals surface area contributed by atoms with Crippen LogP contribution in [0.2, 0.25) is 0 Å². The molecule has 0 unspecified atom stereocenters. The summed E-state index contributed by atoms with van der Waals surface area (Å²) in [6, 6.07) is 8.45. The van der Waals surface area contributed by atoms with Crippen LogP contribution in [-0.2, 0) is 0 Å². The van der Waals surface area contributed by atoms with E-state index in [0.717, 1.165) is 42.9 Å². The van der Waals surface area contributed by atoms with Crippen molar-refractivity contribution >= 4 is 17.2 Å². The lowest BCUT2D eigenvalue weighted by atomic mass is 10.00. The molecule has 116 valence electrons. The van der Waals surface area contributed by atoms with Crippen LogP contribution < -0.4 is 0 Å². The second-order valence-electron chi connectivity index (χ2n) is 6.04. The van der Waals surface area contributed by atoms with Crippen LogP contribution in [-0.4, -0.2) is 48.9 Å². The van der Waals surface area contributed by atoms with E-state index >= 15 is 0 Å². The zero-order valence-electron chi connectivity index (χ0n) is 13.4. The summed E-state index contributed by atoms with van der Waals surface area (Å²) in [6.45, 7) is 7.72. The van der Waals surface area contributed by atoms with E-state index < -0.39 is 0 Å². The second-order valence-corrected chi connectivity index (χ2v) is 7.13. The monoisotopic (exact) mass is 314 g/mol. The molecule has 2 heterocycles. The Morgan fingerprint density at radius 2 is 1.68 bits per heavy atom. The molecule has 0 bridgehead atoms. The lowest BCUT2D eigenvalue weighted by Crippen LogP contribution is -2.47. The van der Waals surface area contributed by atoms with Crippen LogP contribution in [0.4, 0.5) is 0 Å². The summed E-state index contributed by atoms with van der Waals surface area (Å²) >= 11 is 1.67. The van der Waals surface area contributed by atoms with Crippen molar-refractivity contribution in [3.63, 3.8) is 0 Å². The van der Waals surface area contributed by atoms with E-state index in [0.29, 0.717) is 0 Å². The van der Waals surface area contributed by atoms with Crippen LogP contribution in [0.25, 0.3) is 11.1 Å². The first kappa shape index (κ1) is 15.3. The van der Waals surface area contributed by atoms with Crippen LogP contribution in [0.5, 0.6) is 0 Å². The Balaban J connectivity index is 1.91. The number of carbonyl (C=O) groups excluding carboxylic acids is 1. The first-order valence-corrected chi connectivity index (χ1v) is 8.57. The average Bonchev–Trinajstić information content (AvgIpc) is 2.90. The molecule has 22 heavy (non-hydrogen) atoms. The summed E-state index contributed by atoms with van der Waals surface area (Å²) in [6.07, 6.45) is 0. The summed E-state index contributed by atoms with van der Waals surface area (Å²) in [4.78, 5) is 18.4. The van der Waals surface area contributed by atoms with Crippen LogP contribution in [0.1, 0.15) is 20.8 Å². The highest BCUT2D eigenvalue weighted by Crippen LogP contribution is 2.33. The zero-order valence-corrected chi connectivity index (χ0v) is 14.2. The third-order valence-electron chi connectivity index (χ3n) is 4.34. The number of carbonyl (C=O) groups is 1. The van der Waals surface area contributed by atoms with Crippen molar-refractivity contribution < 1.29 is 4.79 Å². The van der Waals surface area contributed by atoms with Crippen molar-refractivity contribution in [2.24, 2.45) is 0 Å². The maximum absolute atomic E-state index is 12.9. The van der Waals surface area contributed by atoms with Gasteiger partial charge in [-0.2, -0.15) is 0 Å². The minimum Gasteiger partial charge on any atom is -0.336 e. The first-order chi connectivity index (χ1) is 10.6. The number of hydrogen-bond donors (Lipinski definition) is 0. The molecule has 1 saturated heterocycles. The minimum absolute atomic E-state index is 0.174. The summed E-state index contributed by atoms with van der Waals surface area (Å²) < 4.78 is 0. The first-order valence-electron chi connectivity index (χ1n) is 7.69. The van der Waals surface area contributed by atoms with Gasteiger partial charge in [-0.15, -0.1) is 11.3 Å². The molecule has 0 aliphatic carbocycles. The molecule has 0 N–H and O–H groups in total. The topological polar surface area (TPSA) is 23.6 Å². The molecular weight excluding hydrogens is 292 g/mol. The third kappa shape index (κ3) is 2.94. The number of piperazine rings is 1. The molecule has 1 aromatic heterocycles. The van der Waals surface area contributed by atoms with Gasteiger partial charge in [-0.1, -0.05) is 29.8 Å². The molecule has 0 radical (unpaired) electrons. The summed E-state index contributed by atoms with van der Waals surface area (Å²) in [5.41, 5.74) is 4.34. The minimum atomic E-state index is 0.174. The van der Waals surface area contributed by atoms with E-state index in [-0.39, 0.29) is 5.91 Å². The Morgan fingerprint density at radius 3 is 2.32 bits per heavy atom. The van der Waals surface area contributed by atoms with E-state index in [9.17, 15) is 4.79 Å². The highest BCUT2D eigenvalue weighted by molar-refractivity contribution is 7.10. The fourth-order valence-corrected chi connectivity index (χ4v) is 3.73. The van der Waals surface area contributed by atoms with Crippen LogP contribution in [0.3, 0.4) is 0 Å². The SMILES string of the molecule is Cc1ccc(-c2c(C(=O)N3CCN(C)CC3)csc2C)cc1. The Labute approximate surface area is 136 Å². The number of amides is 1. The second kappa shape index (κ2) is 6.23. The van der Waals surface area contributed by atoms with Crippen molar-refractivity contribution in [3.05, 3.63) is 45.6 Å². The zero-order chi connectivity index (χ0) is 15.7. The molecule has 1 amide bonds. The maximum Gasteiger partial charge on any atom is 0.255 e. The van der Waals surface area contributed by atoms with Gasteiger partial charge in [0.25, 0.3) is 5.91 Å². The number of nitrogens with zero attached hydrogens (tertiary/aromatic N) is 2. The van der Waals surface area contributed by atoms with Gasteiger partial charge in [-0.05, 0) is 26.5 Å². The Kier molecular flexibility index (Phi) is 4.32. The Bertz CT molecular complexity index is 667. The van der Waals surface area contributed by atoms with Gasteiger partial charge in [0, 0.05) is 42.0 Å². The fourth-order valence-electron chi connectivity index (χ4n) is 2.87. The molecule has 1 fully saturated rings. The molecule has 0 saturated carbocycles. The normalized spacial score (nSPS) is 16.0. The van der Waals surface area contributed by atoms with E-state index in [1.807, 2.05) is 10.3 Å². The molecule has 1 aromatic carbocycles. The van der Waals surface area contributed by atoms with Gasteiger partial charge >= 0.3 is 0 Å². The average molecular weight is 314 g/mol. The number of rotatable bonds is 2. The van der Waals surface area contributed by atoms with Gasteiger partial charge in [-0.25, -0.2) is 0 Å². The molecular formula is C18H22N2OS. The number of benzene rings is 1. The lowest BCUT2D eigenvalue weighted by molar-refractivity contribution is 0.0665. The Hall–Kier alpha value is -1.65. The van der Waals surface area contributed by atoms with Gasteiger partial charge in [0.15, 0.2) is 0 Å². The predicted octanol–water partition coefficient (Wildman–Crippen LogP) is 3.42. The van der Waals surface area contributed by atoms with Crippen molar-refractivity contribution in [2.75, 3.05) is 33.2 Å². The largest absolute Gasteiger partial charge is 0.336 e. The smallest absolute Gasteiger partial charge is 0.255 e.